The predicted octanol–water partition coefficient (Wildman–Crippen LogP) is 13.6. The van der Waals surface area contributed by atoms with E-state index >= 15 is 0 Å². The fourth-order valence-corrected chi connectivity index (χ4v) is 8.00. The molecule has 0 spiro atoms. The van der Waals surface area contributed by atoms with Gasteiger partial charge in [-0.1, -0.05) is 152 Å². The zero-order chi connectivity index (χ0) is 36.3. The van der Waals surface area contributed by atoms with Gasteiger partial charge in [-0.25, -0.2) is 15.0 Å². The van der Waals surface area contributed by atoms with Crippen molar-refractivity contribution >= 4 is 54.3 Å². The van der Waals surface area contributed by atoms with Gasteiger partial charge in [-0.05, 0) is 91.0 Å². The summed E-state index contributed by atoms with van der Waals surface area (Å²) < 4.78 is 6.11. The Bertz CT molecular complexity index is 3200. The van der Waals surface area contributed by atoms with Crippen molar-refractivity contribution in [1.82, 2.24) is 15.0 Å². The van der Waals surface area contributed by atoms with Crippen LogP contribution in [0, 0.1) is 0 Å². The van der Waals surface area contributed by atoms with E-state index in [4.69, 9.17) is 19.4 Å². The summed E-state index contributed by atoms with van der Waals surface area (Å²) in [5.41, 5.74) is 9.33. The van der Waals surface area contributed by atoms with Crippen LogP contribution in [0.25, 0.3) is 111 Å². The lowest BCUT2D eigenvalue weighted by molar-refractivity contribution is 0.669. The van der Waals surface area contributed by atoms with E-state index in [1.807, 2.05) is 72.8 Å². The Labute approximate surface area is 317 Å². The lowest BCUT2D eigenvalue weighted by atomic mass is 9.90. The first kappa shape index (κ1) is 31.1. The van der Waals surface area contributed by atoms with Gasteiger partial charge in [-0.15, -0.1) is 0 Å². The summed E-state index contributed by atoms with van der Waals surface area (Å²) >= 11 is 0. The molecule has 0 saturated heterocycles. The molecule has 2 aromatic heterocycles. The molecule has 11 aromatic rings. The van der Waals surface area contributed by atoms with E-state index in [2.05, 4.69) is 115 Å². The van der Waals surface area contributed by atoms with E-state index in [0.29, 0.717) is 17.5 Å². The molecule has 4 heteroatoms. The van der Waals surface area contributed by atoms with Gasteiger partial charge in [-0.2, -0.15) is 0 Å². The van der Waals surface area contributed by atoms with Crippen molar-refractivity contribution in [3.63, 3.8) is 0 Å². The molecule has 2 heterocycles. The van der Waals surface area contributed by atoms with E-state index in [0.717, 1.165) is 49.6 Å². The molecule has 0 amide bonds. The molecule has 4 nitrogen and oxygen atoms in total. The van der Waals surface area contributed by atoms with E-state index in [9.17, 15) is 0 Å². The molecule has 9 aromatic carbocycles. The minimum atomic E-state index is 0.644. The maximum Gasteiger partial charge on any atom is 0.164 e. The first-order valence-corrected chi connectivity index (χ1v) is 18.5. The van der Waals surface area contributed by atoms with Crippen LogP contribution in [0.1, 0.15) is 0 Å². The Morgan fingerprint density at radius 1 is 0.236 bits per heavy atom. The second kappa shape index (κ2) is 12.6. The molecule has 55 heavy (non-hydrogen) atoms. The van der Waals surface area contributed by atoms with Crippen LogP contribution < -0.4 is 0 Å². The van der Waals surface area contributed by atoms with Crippen LogP contribution >= 0.6 is 0 Å². The normalized spacial score (nSPS) is 11.6. The molecule has 0 bridgehead atoms. The molecule has 0 radical (unpaired) electrons. The number of hydrogen-bond acceptors (Lipinski definition) is 4. The number of benzene rings is 9. The zero-order valence-electron chi connectivity index (χ0n) is 29.6. The quantitative estimate of drug-likeness (QED) is 0.168. The minimum Gasteiger partial charge on any atom is -0.456 e. The highest BCUT2D eigenvalue weighted by Gasteiger charge is 2.16. The van der Waals surface area contributed by atoms with Gasteiger partial charge in [0.2, 0.25) is 0 Å². The van der Waals surface area contributed by atoms with Gasteiger partial charge >= 0.3 is 0 Å². The highest BCUT2D eigenvalue weighted by atomic mass is 16.3. The molecule has 256 valence electrons. The van der Waals surface area contributed by atoms with Gasteiger partial charge in [0.25, 0.3) is 0 Å². The third-order valence-corrected chi connectivity index (χ3v) is 10.7. The Hall–Kier alpha value is -7.43. The number of hydrogen-bond donors (Lipinski definition) is 0. The molecule has 0 aliphatic carbocycles. The molecule has 0 N–H and O–H groups in total. The Morgan fingerprint density at radius 3 is 1.29 bits per heavy atom. The number of nitrogens with zero attached hydrogens (tertiary/aromatic N) is 3. The van der Waals surface area contributed by atoms with Crippen molar-refractivity contribution in [2.24, 2.45) is 0 Å². The van der Waals surface area contributed by atoms with Crippen molar-refractivity contribution in [1.29, 1.82) is 0 Å². The lowest BCUT2D eigenvalue weighted by Gasteiger charge is -2.14. The van der Waals surface area contributed by atoms with Crippen molar-refractivity contribution in [2.45, 2.75) is 0 Å². The fourth-order valence-electron chi connectivity index (χ4n) is 8.00. The number of rotatable bonds is 5. The summed E-state index contributed by atoms with van der Waals surface area (Å²) in [5, 5.41) is 9.47. The average molecular weight is 702 g/mol. The molecule has 0 fully saturated rings. The Morgan fingerprint density at radius 2 is 0.636 bits per heavy atom. The standard InChI is InChI=1S/C51H31N3O/c1-3-12-32(13-4-1)49-52-50(33-14-5-2-6-15-33)54-51(53-49)38-23-26-41-39-18-7-8-19-40(39)44-29-36(22-25-42(44)45(41)31-38)34-16-11-17-35(28-34)37-24-27-48-46(30-37)43-20-9-10-21-47(43)55-48/h1-31H. The van der Waals surface area contributed by atoms with Crippen LogP contribution in [0.2, 0.25) is 0 Å². The smallest absolute Gasteiger partial charge is 0.164 e. The zero-order valence-corrected chi connectivity index (χ0v) is 29.6. The van der Waals surface area contributed by atoms with Crippen molar-refractivity contribution in [3.05, 3.63) is 188 Å². The molecule has 0 aliphatic heterocycles. The highest BCUT2D eigenvalue weighted by Crippen LogP contribution is 2.40. The molecule has 11 rings (SSSR count). The largest absolute Gasteiger partial charge is 0.456 e. The lowest BCUT2D eigenvalue weighted by Crippen LogP contribution is -2.00. The van der Waals surface area contributed by atoms with E-state index in [1.54, 1.807) is 0 Å². The predicted molar refractivity (Wildman–Crippen MR) is 227 cm³/mol. The number of furan rings is 1. The van der Waals surface area contributed by atoms with Gasteiger partial charge in [0, 0.05) is 27.5 Å². The summed E-state index contributed by atoms with van der Waals surface area (Å²) in [4.78, 5) is 15.0. The van der Waals surface area contributed by atoms with Gasteiger partial charge < -0.3 is 4.42 Å². The van der Waals surface area contributed by atoms with E-state index in [1.165, 1.54) is 43.6 Å². The van der Waals surface area contributed by atoms with Gasteiger partial charge in [0.1, 0.15) is 11.2 Å². The molecule has 0 aliphatic rings. The summed E-state index contributed by atoms with van der Waals surface area (Å²) in [7, 11) is 0. The third-order valence-electron chi connectivity index (χ3n) is 10.7. The number of fused-ring (bicyclic) bond motifs is 9. The Kier molecular flexibility index (Phi) is 7.14. The van der Waals surface area contributed by atoms with Gasteiger partial charge in [0.15, 0.2) is 17.5 Å². The van der Waals surface area contributed by atoms with Crippen LogP contribution in [-0.2, 0) is 0 Å². The van der Waals surface area contributed by atoms with Crippen LogP contribution in [0.15, 0.2) is 192 Å². The number of aromatic nitrogens is 3. The highest BCUT2D eigenvalue weighted by molar-refractivity contribution is 6.26. The van der Waals surface area contributed by atoms with Crippen LogP contribution in [0.4, 0.5) is 0 Å². The molecule has 0 saturated carbocycles. The number of para-hydroxylation sites is 1. The SMILES string of the molecule is c1ccc(-c2nc(-c3ccccc3)nc(-c3ccc4c5ccccc5c5cc(-c6cccc(-c7ccc8oc9ccccc9c8c7)c6)ccc5c4c3)n2)cc1. The topological polar surface area (TPSA) is 51.8 Å². The summed E-state index contributed by atoms with van der Waals surface area (Å²) in [5.74, 6) is 1.95. The first-order valence-electron chi connectivity index (χ1n) is 18.5. The monoisotopic (exact) mass is 701 g/mol. The van der Waals surface area contributed by atoms with Crippen LogP contribution in [0.5, 0.6) is 0 Å². The minimum absolute atomic E-state index is 0.644. The van der Waals surface area contributed by atoms with Gasteiger partial charge in [-0.3, -0.25) is 0 Å². The second-order valence-corrected chi connectivity index (χ2v) is 14.0. The fraction of sp³-hybridized carbons (Fsp3) is 0. The molecular formula is C51H31N3O. The van der Waals surface area contributed by atoms with Crippen molar-refractivity contribution in [3.8, 4) is 56.4 Å². The van der Waals surface area contributed by atoms with Crippen molar-refractivity contribution in [2.75, 3.05) is 0 Å². The molecular weight excluding hydrogens is 671 g/mol. The van der Waals surface area contributed by atoms with Crippen LogP contribution in [-0.4, -0.2) is 15.0 Å². The average Bonchev–Trinajstić information content (AvgIpc) is 3.65. The second-order valence-electron chi connectivity index (χ2n) is 14.0. The summed E-state index contributed by atoms with van der Waals surface area (Å²) in [6, 6.07) is 66.0. The van der Waals surface area contributed by atoms with E-state index < -0.39 is 0 Å². The first-order chi connectivity index (χ1) is 27.2. The Balaban J connectivity index is 1.06. The maximum absolute atomic E-state index is 6.11. The molecule has 0 unspecified atom stereocenters. The van der Waals surface area contributed by atoms with Gasteiger partial charge in [0.05, 0.1) is 0 Å². The van der Waals surface area contributed by atoms with E-state index in [-0.39, 0.29) is 0 Å². The summed E-state index contributed by atoms with van der Waals surface area (Å²) in [6.45, 7) is 0. The van der Waals surface area contributed by atoms with Crippen LogP contribution in [0.3, 0.4) is 0 Å². The maximum atomic E-state index is 6.11. The third kappa shape index (κ3) is 5.34. The summed E-state index contributed by atoms with van der Waals surface area (Å²) in [6.07, 6.45) is 0. The molecule has 0 atom stereocenters. The van der Waals surface area contributed by atoms with Crippen molar-refractivity contribution < 1.29 is 4.42 Å².